The molecule has 0 atom stereocenters. The summed E-state index contributed by atoms with van der Waals surface area (Å²) in [5.41, 5.74) is 1.86. The zero-order chi connectivity index (χ0) is 13.9. The summed E-state index contributed by atoms with van der Waals surface area (Å²) in [4.78, 5) is 11.7. The second-order valence-electron chi connectivity index (χ2n) is 6.05. The third kappa shape index (κ3) is 3.70. The minimum atomic E-state index is -0.279. The zero-order valence-corrected chi connectivity index (χ0v) is 11.9. The van der Waals surface area contributed by atoms with E-state index in [0.717, 1.165) is 25.0 Å². The van der Waals surface area contributed by atoms with E-state index < -0.39 is 0 Å². The largest absolute Gasteiger partial charge is 0.419 e. The van der Waals surface area contributed by atoms with Gasteiger partial charge in [0, 0.05) is 13.1 Å². The van der Waals surface area contributed by atoms with E-state index in [9.17, 15) is 4.79 Å². The van der Waals surface area contributed by atoms with Crippen molar-refractivity contribution in [1.82, 2.24) is 9.88 Å². The van der Waals surface area contributed by atoms with E-state index in [1.54, 1.807) is 4.57 Å². The van der Waals surface area contributed by atoms with Crippen LogP contribution in [0.3, 0.4) is 0 Å². The molecule has 0 spiro atoms. The van der Waals surface area contributed by atoms with Gasteiger partial charge in [-0.15, -0.1) is 0 Å². The fourth-order valence-electron chi connectivity index (χ4n) is 2.00. The second-order valence-corrected chi connectivity index (χ2v) is 6.05. The van der Waals surface area contributed by atoms with Gasteiger partial charge in [0.25, 0.3) is 0 Å². The maximum atomic E-state index is 11.7. The minimum absolute atomic E-state index is 0.279. The maximum absolute atomic E-state index is 11.7. The molecule has 0 aliphatic carbocycles. The summed E-state index contributed by atoms with van der Waals surface area (Å²) in [7, 11) is 0. The van der Waals surface area contributed by atoms with E-state index in [0.29, 0.717) is 17.5 Å². The van der Waals surface area contributed by atoms with Crippen LogP contribution in [0.1, 0.15) is 27.2 Å². The first-order valence-corrected chi connectivity index (χ1v) is 6.76. The quantitative estimate of drug-likeness (QED) is 0.843. The Morgan fingerprint density at radius 2 is 1.95 bits per heavy atom. The predicted molar refractivity (Wildman–Crippen MR) is 77.4 cm³/mol. The number of aromatic nitrogens is 1. The van der Waals surface area contributed by atoms with Gasteiger partial charge in [0.1, 0.15) is 0 Å². The summed E-state index contributed by atoms with van der Waals surface area (Å²) in [6.45, 7) is 9.06. The van der Waals surface area contributed by atoms with Crippen molar-refractivity contribution in [2.24, 2.45) is 5.41 Å². The predicted octanol–water partition coefficient (Wildman–Crippen LogP) is 2.62. The fourth-order valence-corrected chi connectivity index (χ4v) is 2.00. The first kappa shape index (κ1) is 13.9. The Bertz CT molecular complexity index is 590. The van der Waals surface area contributed by atoms with Crippen LogP contribution < -0.4 is 11.1 Å². The van der Waals surface area contributed by atoms with Crippen LogP contribution >= 0.6 is 0 Å². The van der Waals surface area contributed by atoms with Crippen LogP contribution in [0.2, 0.25) is 0 Å². The van der Waals surface area contributed by atoms with Crippen molar-refractivity contribution in [2.45, 2.75) is 33.7 Å². The molecule has 4 heteroatoms. The Hall–Kier alpha value is -1.55. The van der Waals surface area contributed by atoms with Crippen molar-refractivity contribution in [2.75, 3.05) is 13.1 Å². The van der Waals surface area contributed by atoms with Crippen molar-refractivity contribution in [1.29, 1.82) is 0 Å². The van der Waals surface area contributed by atoms with Crippen LogP contribution in [-0.4, -0.2) is 17.7 Å². The molecule has 1 N–H and O–H groups in total. The molecule has 2 rings (SSSR count). The summed E-state index contributed by atoms with van der Waals surface area (Å²) in [5.74, 6) is -0.279. The third-order valence-corrected chi connectivity index (χ3v) is 3.14. The number of rotatable bonds is 5. The second kappa shape index (κ2) is 5.61. The average Bonchev–Trinajstić information content (AvgIpc) is 2.64. The van der Waals surface area contributed by atoms with Gasteiger partial charge in [-0.05, 0) is 30.5 Å². The van der Waals surface area contributed by atoms with Crippen molar-refractivity contribution in [3.8, 4) is 0 Å². The smallest absolute Gasteiger partial charge is 0.408 e. The Morgan fingerprint density at radius 3 is 2.68 bits per heavy atom. The number of hydrogen-bond acceptors (Lipinski definition) is 3. The van der Waals surface area contributed by atoms with Crippen LogP contribution in [0.25, 0.3) is 11.1 Å². The van der Waals surface area contributed by atoms with Gasteiger partial charge < -0.3 is 9.73 Å². The molecule has 1 aromatic carbocycles. The van der Waals surface area contributed by atoms with Crippen LogP contribution in [0, 0.1) is 5.41 Å². The molecule has 0 saturated carbocycles. The standard InChI is InChI=1S/C15H22N2O2/c1-15(2,3)8-9-16-10-11-17-12-6-4-5-7-13(12)19-14(17)18/h4-7,16H,8-11H2,1-3H3. The zero-order valence-electron chi connectivity index (χ0n) is 11.9. The topological polar surface area (TPSA) is 47.2 Å². The molecule has 1 aromatic heterocycles. The molecule has 0 fully saturated rings. The molecule has 0 unspecified atom stereocenters. The molecule has 19 heavy (non-hydrogen) atoms. The summed E-state index contributed by atoms with van der Waals surface area (Å²) >= 11 is 0. The number of para-hydroxylation sites is 2. The molecule has 2 aromatic rings. The monoisotopic (exact) mass is 262 g/mol. The molecular formula is C15H22N2O2. The van der Waals surface area contributed by atoms with E-state index in [-0.39, 0.29) is 5.76 Å². The Balaban J connectivity index is 1.92. The number of hydrogen-bond donors (Lipinski definition) is 1. The van der Waals surface area contributed by atoms with E-state index in [4.69, 9.17) is 4.42 Å². The van der Waals surface area contributed by atoms with Crippen molar-refractivity contribution in [3.05, 3.63) is 34.8 Å². The highest BCUT2D eigenvalue weighted by atomic mass is 16.4. The number of nitrogens with one attached hydrogen (secondary N) is 1. The molecule has 1 heterocycles. The van der Waals surface area contributed by atoms with E-state index in [1.165, 1.54) is 0 Å². The molecule has 0 aliphatic rings. The van der Waals surface area contributed by atoms with Crippen molar-refractivity contribution in [3.63, 3.8) is 0 Å². The molecule has 0 aliphatic heterocycles. The lowest BCUT2D eigenvalue weighted by atomic mass is 9.92. The fraction of sp³-hybridized carbons (Fsp3) is 0.533. The van der Waals surface area contributed by atoms with E-state index >= 15 is 0 Å². The first-order valence-electron chi connectivity index (χ1n) is 6.76. The van der Waals surface area contributed by atoms with Crippen molar-refractivity contribution < 1.29 is 4.42 Å². The van der Waals surface area contributed by atoms with Gasteiger partial charge in [-0.25, -0.2) is 4.79 Å². The Labute approximate surface area is 113 Å². The molecule has 0 saturated heterocycles. The van der Waals surface area contributed by atoms with Gasteiger partial charge in [-0.1, -0.05) is 32.9 Å². The Morgan fingerprint density at radius 1 is 1.21 bits per heavy atom. The maximum Gasteiger partial charge on any atom is 0.419 e. The van der Waals surface area contributed by atoms with Crippen LogP contribution in [0.4, 0.5) is 0 Å². The highest BCUT2D eigenvalue weighted by Gasteiger charge is 2.10. The molecule has 104 valence electrons. The minimum Gasteiger partial charge on any atom is -0.408 e. The third-order valence-electron chi connectivity index (χ3n) is 3.14. The molecule has 0 radical (unpaired) electrons. The van der Waals surface area contributed by atoms with Gasteiger partial charge in [-0.3, -0.25) is 4.57 Å². The summed E-state index contributed by atoms with van der Waals surface area (Å²) in [6, 6.07) is 7.52. The lowest BCUT2D eigenvalue weighted by Gasteiger charge is -2.18. The summed E-state index contributed by atoms with van der Waals surface area (Å²) in [6.07, 6.45) is 1.12. The highest BCUT2D eigenvalue weighted by Crippen LogP contribution is 2.16. The highest BCUT2D eigenvalue weighted by molar-refractivity contribution is 5.72. The van der Waals surface area contributed by atoms with Gasteiger partial charge in [0.15, 0.2) is 5.58 Å². The number of oxazole rings is 1. The van der Waals surface area contributed by atoms with Gasteiger partial charge in [-0.2, -0.15) is 0 Å². The first-order chi connectivity index (χ1) is 8.97. The molecule has 4 nitrogen and oxygen atoms in total. The lowest BCUT2D eigenvalue weighted by Crippen LogP contribution is -2.27. The van der Waals surface area contributed by atoms with Crippen LogP contribution in [-0.2, 0) is 6.54 Å². The van der Waals surface area contributed by atoms with Gasteiger partial charge >= 0.3 is 5.76 Å². The number of fused-ring (bicyclic) bond motifs is 1. The van der Waals surface area contributed by atoms with Crippen LogP contribution in [0.15, 0.2) is 33.5 Å². The van der Waals surface area contributed by atoms with E-state index in [1.807, 2.05) is 24.3 Å². The Kier molecular flexibility index (Phi) is 4.10. The average molecular weight is 262 g/mol. The van der Waals surface area contributed by atoms with Crippen LogP contribution in [0.5, 0.6) is 0 Å². The molecule has 0 amide bonds. The normalized spacial score (nSPS) is 12.2. The summed E-state index contributed by atoms with van der Waals surface area (Å²) in [5, 5.41) is 3.37. The number of nitrogens with zero attached hydrogens (tertiary/aromatic N) is 1. The summed E-state index contributed by atoms with van der Waals surface area (Å²) < 4.78 is 6.87. The molecule has 0 bridgehead atoms. The van der Waals surface area contributed by atoms with Crippen molar-refractivity contribution >= 4 is 11.1 Å². The van der Waals surface area contributed by atoms with Gasteiger partial charge in [0.2, 0.25) is 0 Å². The van der Waals surface area contributed by atoms with E-state index in [2.05, 4.69) is 26.1 Å². The molecular weight excluding hydrogens is 240 g/mol. The lowest BCUT2D eigenvalue weighted by molar-refractivity contribution is 0.364. The SMILES string of the molecule is CC(C)(C)CCNCCn1c(=O)oc2ccccc21. The number of benzene rings is 1. The van der Waals surface area contributed by atoms with Gasteiger partial charge in [0.05, 0.1) is 5.52 Å².